The van der Waals surface area contributed by atoms with Crippen LogP contribution in [0.4, 0.5) is 0 Å². The molecule has 0 unspecified atom stereocenters. The molecule has 4 heteroatoms. The van der Waals surface area contributed by atoms with Gasteiger partial charge < -0.3 is 4.57 Å². The van der Waals surface area contributed by atoms with Crippen LogP contribution in [0.3, 0.4) is 0 Å². The van der Waals surface area contributed by atoms with Crippen LogP contribution in [-0.2, 0) is 7.05 Å². The highest BCUT2D eigenvalue weighted by atomic mass is 35.5. The summed E-state index contributed by atoms with van der Waals surface area (Å²) in [7, 11) is 0.291. The lowest BCUT2D eigenvalue weighted by Crippen LogP contribution is -2.22. The average Bonchev–Trinajstić information content (AvgIpc) is 2.17. The van der Waals surface area contributed by atoms with Crippen molar-refractivity contribution in [3.05, 3.63) is 32.7 Å². The van der Waals surface area contributed by atoms with Gasteiger partial charge in [-0.15, -0.1) is 5.54 Å². The summed E-state index contributed by atoms with van der Waals surface area (Å²) < 4.78 is 1.55. The molecule has 0 fully saturated rings. The summed E-state index contributed by atoms with van der Waals surface area (Å²) in [6.45, 7) is 8.20. The lowest BCUT2D eigenvalue weighted by molar-refractivity contribution is 0.834. The van der Waals surface area contributed by atoms with Gasteiger partial charge in [0.05, 0.1) is 10.7 Å². The van der Waals surface area contributed by atoms with Crippen molar-refractivity contribution < 1.29 is 0 Å². The molecule has 86 valence electrons. The van der Waals surface area contributed by atoms with Gasteiger partial charge >= 0.3 is 0 Å². The van der Waals surface area contributed by atoms with Crippen molar-refractivity contribution in [2.75, 3.05) is 0 Å². The van der Waals surface area contributed by atoms with Crippen LogP contribution in [0.15, 0.2) is 10.9 Å². The van der Waals surface area contributed by atoms with E-state index in [-0.39, 0.29) is 5.56 Å². The van der Waals surface area contributed by atoms with Gasteiger partial charge in [0.1, 0.15) is 8.07 Å². The van der Waals surface area contributed by atoms with Gasteiger partial charge in [-0.3, -0.25) is 4.79 Å². The summed E-state index contributed by atoms with van der Waals surface area (Å²) in [5.74, 6) is 3.05. The van der Waals surface area contributed by atoms with E-state index >= 15 is 0 Å². The molecule has 16 heavy (non-hydrogen) atoms. The Morgan fingerprint density at radius 1 is 1.38 bits per heavy atom. The van der Waals surface area contributed by atoms with Crippen LogP contribution in [0.5, 0.6) is 0 Å². The number of hydrogen-bond acceptors (Lipinski definition) is 1. The Morgan fingerprint density at radius 2 is 1.94 bits per heavy atom. The first-order chi connectivity index (χ1) is 7.22. The molecule has 0 aromatic carbocycles. The van der Waals surface area contributed by atoms with Crippen molar-refractivity contribution in [2.24, 2.45) is 7.05 Å². The van der Waals surface area contributed by atoms with Gasteiger partial charge in [-0.05, 0) is 13.0 Å². The van der Waals surface area contributed by atoms with Crippen molar-refractivity contribution in [2.45, 2.75) is 26.6 Å². The average molecular weight is 254 g/mol. The van der Waals surface area contributed by atoms with Crippen molar-refractivity contribution in [3.63, 3.8) is 0 Å². The highest BCUT2D eigenvalue weighted by Crippen LogP contribution is 2.12. The molecule has 2 nitrogen and oxygen atoms in total. The number of rotatable bonds is 0. The van der Waals surface area contributed by atoms with Crippen LogP contribution in [0.25, 0.3) is 0 Å². The molecule has 0 N–H and O–H groups in total. The van der Waals surface area contributed by atoms with Crippen LogP contribution in [0.2, 0.25) is 24.7 Å². The van der Waals surface area contributed by atoms with Crippen LogP contribution in [0.1, 0.15) is 11.3 Å². The summed E-state index contributed by atoms with van der Waals surface area (Å²) in [5.41, 5.74) is 4.40. The van der Waals surface area contributed by atoms with E-state index in [1.807, 2.05) is 0 Å². The fourth-order valence-corrected chi connectivity index (χ4v) is 1.85. The van der Waals surface area contributed by atoms with E-state index in [1.165, 1.54) is 0 Å². The first-order valence-corrected chi connectivity index (χ1v) is 8.99. The zero-order valence-corrected chi connectivity index (χ0v) is 12.1. The summed E-state index contributed by atoms with van der Waals surface area (Å²) in [5, 5.41) is 0.489. The molecule has 0 bridgehead atoms. The molecule has 1 rings (SSSR count). The Morgan fingerprint density at radius 3 is 2.44 bits per heavy atom. The molecule has 1 heterocycles. The monoisotopic (exact) mass is 253 g/mol. The lowest BCUT2D eigenvalue weighted by Gasteiger charge is -2.07. The summed E-state index contributed by atoms with van der Waals surface area (Å²) >= 11 is 5.97. The maximum Gasteiger partial charge on any atom is 0.255 e. The minimum absolute atomic E-state index is 0.0765. The van der Waals surface area contributed by atoms with E-state index in [9.17, 15) is 4.79 Å². The van der Waals surface area contributed by atoms with E-state index in [1.54, 1.807) is 24.6 Å². The zero-order valence-electron chi connectivity index (χ0n) is 10.3. The molecule has 0 aliphatic rings. The Hall–Kier alpha value is -0.983. The highest BCUT2D eigenvalue weighted by molar-refractivity contribution is 6.83. The van der Waals surface area contributed by atoms with Gasteiger partial charge in [0.15, 0.2) is 0 Å². The molecule has 1 aromatic heterocycles. The molecule has 0 atom stereocenters. The minimum atomic E-state index is -1.43. The number of halogens is 1. The maximum atomic E-state index is 11.8. The molecule has 0 spiro atoms. The Labute approximate surface area is 102 Å². The predicted molar refractivity (Wildman–Crippen MR) is 71.7 cm³/mol. The fourth-order valence-electron chi connectivity index (χ4n) is 1.16. The van der Waals surface area contributed by atoms with Crippen molar-refractivity contribution >= 4 is 19.7 Å². The normalized spacial score (nSPS) is 10.9. The second-order valence-corrected chi connectivity index (χ2v) is 10.0. The van der Waals surface area contributed by atoms with E-state index in [2.05, 4.69) is 31.1 Å². The molecule has 0 saturated carbocycles. The number of aromatic nitrogens is 1. The van der Waals surface area contributed by atoms with Gasteiger partial charge in [0, 0.05) is 12.6 Å². The predicted octanol–water partition coefficient (Wildman–Crippen LogP) is 2.58. The highest BCUT2D eigenvalue weighted by Gasteiger charge is 2.09. The Bertz CT molecular complexity index is 529. The fraction of sp³-hybridized carbons (Fsp3) is 0.417. The molecule has 0 aliphatic heterocycles. The van der Waals surface area contributed by atoms with Crippen LogP contribution in [0, 0.1) is 18.4 Å². The minimum Gasteiger partial charge on any atom is -0.304 e. The smallest absolute Gasteiger partial charge is 0.255 e. The molecular weight excluding hydrogens is 238 g/mol. The summed E-state index contributed by atoms with van der Waals surface area (Å²) in [6, 6.07) is 1.76. The SMILES string of the molecule is Cc1c(Cl)cc(C#C[Si](C)(C)C)n(C)c1=O. The van der Waals surface area contributed by atoms with Gasteiger partial charge in [-0.1, -0.05) is 37.2 Å². The van der Waals surface area contributed by atoms with E-state index in [0.717, 1.165) is 0 Å². The van der Waals surface area contributed by atoms with Gasteiger partial charge in [-0.2, -0.15) is 0 Å². The van der Waals surface area contributed by atoms with Gasteiger partial charge in [0.2, 0.25) is 0 Å². The quantitative estimate of drug-likeness (QED) is 0.515. The second kappa shape index (κ2) is 4.48. The Kier molecular flexibility index (Phi) is 3.67. The molecule has 0 radical (unpaired) electrons. The third-order valence-corrected chi connectivity index (χ3v) is 3.44. The molecular formula is C12H16ClNOSi. The molecule has 1 aromatic rings. The van der Waals surface area contributed by atoms with Crippen LogP contribution in [-0.4, -0.2) is 12.6 Å². The van der Waals surface area contributed by atoms with Crippen LogP contribution < -0.4 is 5.56 Å². The molecule has 0 aliphatic carbocycles. The van der Waals surface area contributed by atoms with Crippen molar-refractivity contribution in [1.29, 1.82) is 0 Å². The number of pyridine rings is 1. The first kappa shape index (κ1) is 13.1. The maximum absolute atomic E-state index is 11.8. The third-order valence-electron chi connectivity index (χ3n) is 2.17. The summed E-state index contributed by atoms with van der Waals surface area (Å²) in [6.07, 6.45) is 0. The number of hydrogen-bond donors (Lipinski definition) is 0. The van der Waals surface area contributed by atoms with Crippen LogP contribution >= 0.6 is 11.6 Å². The topological polar surface area (TPSA) is 22.0 Å². The van der Waals surface area contributed by atoms with Gasteiger partial charge in [0.25, 0.3) is 5.56 Å². The first-order valence-electron chi connectivity index (χ1n) is 5.11. The third kappa shape index (κ3) is 3.00. The zero-order chi connectivity index (χ0) is 12.5. The lowest BCUT2D eigenvalue weighted by atomic mass is 10.2. The standard InChI is InChI=1S/C12H16ClNOSi/c1-9-11(13)8-10(14(2)12(9)15)6-7-16(3,4)5/h8H,1-5H3. The second-order valence-electron chi connectivity index (χ2n) is 4.87. The largest absolute Gasteiger partial charge is 0.304 e. The van der Waals surface area contributed by atoms with E-state index < -0.39 is 8.07 Å². The Balaban J connectivity index is 3.37. The van der Waals surface area contributed by atoms with Gasteiger partial charge in [-0.25, -0.2) is 0 Å². The molecule has 0 amide bonds. The molecule has 0 saturated heterocycles. The van der Waals surface area contributed by atoms with E-state index in [0.29, 0.717) is 16.3 Å². The number of nitrogens with zero attached hydrogens (tertiary/aromatic N) is 1. The van der Waals surface area contributed by atoms with Crippen molar-refractivity contribution in [1.82, 2.24) is 4.57 Å². The summed E-state index contributed by atoms with van der Waals surface area (Å²) in [4.78, 5) is 11.8. The van der Waals surface area contributed by atoms with E-state index in [4.69, 9.17) is 11.6 Å². The van der Waals surface area contributed by atoms with Crippen molar-refractivity contribution in [3.8, 4) is 11.5 Å².